The molecule has 1 N–H and O–H groups in total. The van der Waals surface area contributed by atoms with Crippen molar-refractivity contribution in [1.29, 1.82) is 0 Å². The van der Waals surface area contributed by atoms with E-state index in [1.54, 1.807) is 0 Å². The predicted molar refractivity (Wildman–Crippen MR) is 81.5 cm³/mol. The summed E-state index contributed by atoms with van der Waals surface area (Å²) in [6, 6.07) is 14.3. The minimum Gasteiger partial charge on any atom is -0.325 e. The van der Waals surface area contributed by atoms with E-state index in [2.05, 4.69) is 23.5 Å². The smallest absolute Gasteiger partial charge is 0.227 e. The molecule has 4 rings (SSSR count). The zero-order valence-corrected chi connectivity index (χ0v) is 11.5. The summed E-state index contributed by atoms with van der Waals surface area (Å²) < 4.78 is 0. The number of benzene rings is 2. The van der Waals surface area contributed by atoms with Gasteiger partial charge in [0.15, 0.2) is 0 Å². The van der Waals surface area contributed by atoms with E-state index in [9.17, 15) is 4.79 Å². The monoisotopic (exact) mass is 265 g/mol. The largest absolute Gasteiger partial charge is 0.325 e. The molecule has 102 valence electrons. The highest BCUT2D eigenvalue weighted by Crippen LogP contribution is 2.48. The van der Waals surface area contributed by atoms with E-state index in [1.807, 2.05) is 24.3 Å². The molecule has 2 aliphatic rings. The molecule has 0 unspecified atom stereocenters. The van der Waals surface area contributed by atoms with Crippen LogP contribution in [-0.2, 0) is 4.79 Å². The maximum atomic E-state index is 12.5. The van der Waals surface area contributed by atoms with E-state index >= 15 is 0 Å². The van der Waals surface area contributed by atoms with Crippen molar-refractivity contribution in [2.75, 3.05) is 5.32 Å². The Balaban J connectivity index is 1.60. The SMILES string of the molecule is O=C(Nc1cccc2ccccc12)[C@H]1C[C@H]2CC[C@@H]1C2. The normalized spacial score (nSPS) is 27.9. The predicted octanol–water partition coefficient (Wildman–Crippen LogP) is 4.21. The molecule has 2 fully saturated rings. The third-order valence-electron chi connectivity index (χ3n) is 5.12. The van der Waals surface area contributed by atoms with E-state index in [0.717, 1.165) is 23.4 Å². The average Bonchev–Trinajstić information content (AvgIpc) is 3.10. The third kappa shape index (κ3) is 1.91. The molecule has 3 atom stereocenters. The minimum atomic E-state index is 0.230. The Morgan fingerprint density at radius 2 is 1.85 bits per heavy atom. The number of hydrogen-bond donors (Lipinski definition) is 1. The highest BCUT2D eigenvalue weighted by atomic mass is 16.1. The van der Waals surface area contributed by atoms with Crippen molar-refractivity contribution in [1.82, 2.24) is 0 Å². The first-order valence-electron chi connectivity index (χ1n) is 7.60. The van der Waals surface area contributed by atoms with Gasteiger partial charge in [0, 0.05) is 17.0 Å². The summed E-state index contributed by atoms with van der Waals surface area (Å²) in [6.45, 7) is 0. The summed E-state index contributed by atoms with van der Waals surface area (Å²) in [4.78, 5) is 12.5. The molecule has 2 heteroatoms. The summed E-state index contributed by atoms with van der Waals surface area (Å²) in [6.07, 6.45) is 4.95. The lowest BCUT2D eigenvalue weighted by Gasteiger charge is -2.21. The van der Waals surface area contributed by atoms with E-state index in [4.69, 9.17) is 0 Å². The first-order valence-corrected chi connectivity index (χ1v) is 7.60. The highest BCUT2D eigenvalue weighted by Gasteiger charge is 2.43. The van der Waals surface area contributed by atoms with E-state index in [0.29, 0.717) is 5.92 Å². The van der Waals surface area contributed by atoms with Crippen LogP contribution < -0.4 is 5.32 Å². The second-order valence-electron chi connectivity index (χ2n) is 6.30. The fourth-order valence-electron chi connectivity index (χ4n) is 4.13. The van der Waals surface area contributed by atoms with Crippen LogP contribution in [0.2, 0.25) is 0 Å². The Kier molecular flexibility index (Phi) is 2.76. The molecule has 1 amide bonds. The molecule has 2 aromatic rings. The van der Waals surface area contributed by atoms with Gasteiger partial charge in [-0.3, -0.25) is 4.79 Å². The van der Waals surface area contributed by atoms with Gasteiger partial charge in [-0.05, 0) is 42.6 Å². The van der Waals surface area contributed by atoms with Crippen LogP contribution in [0.3, 0.4) is 0 Å². The molecule has 2 aliphatic carbocycles. The van der Waals surface area contributed by atoms with Crippen LogP contribution in [0.15, 0.2) is 42.5 Å². The van der Waals surface area contributed by atoms with E-state index in [1.165, 1.54) is 24.6 Å². The number of hydrogen-bond acceptors (Lipinski definition) is 1. The van der Waals surface area contributed by atoms with Gasteiger partial charge in [-0.15, -0.1) is 0 Å². The summed E-state index contributed by atoms with van der Waals surface area (Å²) in [5.74, 6) is 1.92. The first kappa shape index (κ1) is 12.0. The molecule has 20 heavy (non-hydrogen) atoms. The van der Waals surface area contributed by atoms with Crippen LogP contribution in [0.4, 0.5) is 5.69 Å². The Labute approximate surface area is 119 Å². The maximum absolute atomic E-state index is 12.5. The van der Waals surface area contributed by atoms with Gasteiger partial charge in [0.05, 0.1) is 0 Å². The van der Waals surface area contributed by atoms with Crippen molar-refractivity contribution in [3.8, 4) is 0 Å². The fraction of sp³-hybridized carbons (Fsp3) is 0.389. The number of carbonyl (C=O) groups excluding carboxylic acids is 1. The van der Waals surface area contributed by atoms with Crippen LogP contribution in [0.25, 0.3) is 10.8 Å². The number of anilines is 1. The zero-order chi connectivity index (χ0) is 13.5. The fourth-order valence-corrected chi connectivity index (χ4v) is 4.13. The van der Waals surface area contributed by atoms with Gasteiger partial charge >= 0.3 is 0 Å². The lowest BCUT2D eigenvalue weighted by Crippen LogP contribution is -2.27. The molecule has 0 spiro atoms. The van der Waals surface area contributed by atoms with E-state index in [-0.39, 0.29) is 11.8 Å². The Morgan fingerprint density at radius 1 is 1.00 bits per heavy atom. The van der Waals surface area contributed by atoms with Crippen molar-refractivity contribution in [2.24, 2.45) is 17.8 Å². The van der Waals surface area contributed by atoms with Gasteiger partial charge in [0.1, 0.15) is 0 Å². The third-order valence-corrected chi connectivity index (χ3v) is 5.12. The van der Waals surface area contributed by atoms with Gasteiger partial charge in [0.25, 0.3) is 0 Å². The molecule has 2 nitrogen and oxygen atoms in total. The molecule has 0 aromatic heterocycles. The number of amides is 1. The first-order chi connectivity index (χ1) is 9.81. The molecule has 0 aliphatic heterocycles. The molecule has 0 heterocycles. The number of rotatable bonds is 2. The molecule has 2 saturated carbocycles. The zero-order valence-electron chi connectivity index (χ0n) is 11.5. The van der Waals surface area contributed by atoms with Crippen molar-refractivity contribution >= 4 is 22.4 Å². The number of carbonyl (C=O) groups is 1. The van der Waals surface area contributed by atoms with Crippen molar-refractivity contribution < 1.29 is 4.79 Å². The minimum absolute atomic E-state index is 0.230. The van der Waals surface area contributed by atoms with Gasteiger partial charge in [-0.25, -0.2) is 0 Å². The average molecular weight is 265 g/mol. The molecule has 0 radical (unpaired) electrons. The summed E-state index contributed by atoms with van der Waals surface area (Å²) in [7, 11) is 0. The summed E-state index contributed by atoms with van der Waals surface area (Å²) >= 11 is 0. The lowest BCUT2D eigenvalue weighted by molar-refractivity contribution is -0.121. The molecule has 2 aromatic carbocycles. The van der Waals surface area contributed by atoms with Crippen molar-refractivity contribution in [2.45, 2.75) is 25.7 Å². The molecule has 0 saturated heterocycles. The van der Waals surface area contributed by atoms with Crippen molar-refractivity contribution in [3.63, 3.8) is 0 Å². The maximum Gasteiger partial charge on any atom is 0.227 e. The Hall–Kier alpha value is -1.83. The summed E-state index contributed by atoms with van der Waals surface area (Å²) in [5, 5.41) is 5.48. The van der Waals surface area contributed by atoms with Gasteiger partial charge in [0.2, 0.25) is 5.91 Å². The van der Waals surface area contributed by atoms with Crippen LogP contribution in [-0.4, -0.2) is 5.91 Å². The van der Waals surface area contributed by atoms with Gasteiger partial charge < -0.3 is 5.32 Å². The second kappa shape index (κ2) is 4.62. The summed E-state index contributed by atoms with van der Waals surface area (Å²) in [5.41, 5.74) is 0.955. The standard InChI is InChI=1S/C18H19NO/c20-18(16-11-12-8-9-14(16)10-12)19-17-7-3-5-13-4-1-2-6-15(13)17/h1-7,12,14,16H,8-11H2,(H,19,20)/t12-,14+,16-/m0/s1. The van der Waals surface area contributed by atoms with Crippen LogP contribution in [0.1, 0.15) is 25.7 Å². The second-order valence-corrected chi connectivity index (χ2v) is 6.30. The van der Waals surface area contributed by atoms with Crippen LogP contribution in [0.5, 0.6) is 0 Å². The molecular formula is C18H19NO. The number of fused-ring (bicyclic) bond motifs is 3. The van der Waals surface area contributed by atoms with Crippen molar-refractivity contribution in [3.05, 3.63) is 42.5 Å². The van der Waals surface area contributed by atoms with Gasteiger partial charge in [-0.1, -0.05) is 42.8 Å². The highest BCUT2D eigenvalue weighted by molar-refractivity contribution is 6.02. The molecular weight excluding hydrogens is 246 g/mol. The molecule has 2 bridgehead atoms. The Bertz CT molecular complexity index is 658. The topological polar surface area (TPSA) is 29.1 Å². The quantitative estimate of drug-likeness (QED) is 0.865. The lowest BCUT2D eigenvalue weighted by atomic mass is 9.88. The Morgan fingerprint density at radius 3 is 2.65 bits per heavy atom. The van der Waals surface area contributed by atoms with Crippen LogP contribution in [0, 0.1) is 17.8 Å². The number of nitrogens with one attached hydrogen (secondary N) is 1. The van der Waals surface area contributed by atoms with E-state index < -0.39 is 0 Å². The van der Waals surface area contributed by atoms with Crippen LogP contribution >= 0.6 is 0 Å². The van der Waals surface area contributed by atoms with Gasteiger partial charge in [-0.2, -0.15) is 0 Å².